The summed E-state index contributed by atoms with van der Waals surface area (Å²) >= 11 is 0. The van der Waals surface area contributed by atoms with E-state index in [0.717, 1.165) is 21.9 Å². The Hall–Kier alpha value is -5.02. The van der Waals surface area contributed by atoms with Crippen molar-refractivity contribution in [1.82, 2.24) is 9.55 Å². The van der Waals surface area contributed by atoms with E-state index in [9.17, 15) is 0 Å². The molecule has 0 aliphatic heterocycles. The van der Waals surface area contributed by atoms with Crippen molar-refractivity contribution < 1.29 is 4.42 Å². The summed E-state index contributed by atoms with van der Waals surface area (Å²) in [5.74, 6) is 1.38. The fourth-order valence-corrected chi connectivity index (χ4v) is 7.20. The van der Waals surface area contributed by atoms with Crippen LogP contribution in [0.2, 0.25) is 0 Å². The van der Waals surface area contributed by atoms with Gasteiger partial charge in [-0.25, -0.2) is 0 Å². The summed E-state index contributed by atoms with van der Waals surface area (Å²) in [7, 11) is 0. The number of fused-ring (bicyclic) bond motifs is 11. The molecule has 1 fully saturated rings. The largest absolute Gasteiger partial charge is 0.456 e. The number of H-pyrrole nitrogens is 1. The standard InChI is InChI=1S/C37H24N2O/c1-3-7-31-25(5-1)28-17-21(9-13-32(28)38-31)22-11-15-35-29(18-22)30-20-24(12-16-36(30)40-35)39-33-8-4-2-6-26(33)37-27-19-23(27)10-14-34(37)39/h1-18,20,23,27,38H,19H2. The van der Waals surface area contributed by atoms with E-state index in [1.807, 2.05) is 0 Å². The van der Waals surface area contributed by atoms with Crippen LogP contribution >= 0.6 is 0 Å². The minimum absolute atomic E-state index is 0.668. The molecule has 5 aromatic carbocycles. The number of aromatic amines is 1. The molecule has 2 unspecified atom stereocenters. The molecule has 0 bridgehead atoms. The zero-order valence-corrected chi connectivity index (χ0v) is 21.7. The van der Waals surface area contributed by atoms with E-state index in [-0.39, 0.29) is 0 Å². The Morgan fingerprint density at radius 3 is 2.30 bits per heavy atom. The number of nitrogens with zero attached hydrogens (tertiary/aromatic N) is 1. The number of hydrogen-bond acceptors (Lipinski definition) is 1. The molecule has 8 aromatic rings. The zero-order valence-electron chi connectivity index (χ0n) is 21.7. The van der Waals surface area contributed by atoms with Crippen LogP contribution in [-0.2, 0) is 0 Å². The highest BCUT2D eigenvalue weighted by molar-refractivity contribution is 6.10. The number of benzene rings is 5. The molecule has 3 nitrogen and oxygen atoms in total. The average Bonchev–Trinajstić information content (AvgIpc) is 3.41. The molecule has 0 amide bonds. The van der Waals surface area contributed by atoms with Crippen molar-refractivity contribution in [3.63, 3.8) is 0 Å². The maximum absolute atomic E-state index is 6.33. The van der Waals surface area contributed by atoms with Crippen molar-refractivity contribution in [3.8, 4) is 16.8 Å². The summed E-state index contributed by atoms with van der Waals surface area (Å²) in [5.41, 5.74) is 11.9. The fourth-order valence-electron chi connectivity index (χ4n) is 7.20. The monoisotopic (exact) mass is 512 g/mol. The van der Waals surface area contributed by atoms with Gasteiger partial charge >= 0.3 is 0 Å². The van der Waals surface area contributed by atoms with Crippen molar-refractivity contribution in [2.75, 3.05) is 0 Å². The van der Waals surface area contributed by atoms with Crippen molar-refractivity contribution in [2.24, 2.45) is 5.92 Å². The molecule has 2 aliphatic rings. The van der Waals surface area contributed by atoms with Gasteiger partial charge in [-0.15, -0.1) is 0 Å². The summed E-state index contributed by atoms with van der Waals surface area (Å²) in [6, 6.07) is 37.3. The molecule has 0 spiro atoms. The number of furan rings is 1. The van der Waals surface area contributed by atoms with Gasteiger partial charge in [-0.2, -0.15) is 0 Å². The first-order chi connectivity index (χ1) is 19.8. The molecule has 3 heteroatoms. The Kier molecular flexibility index (Phi) is 3.83. The van der Waals surface area contributed by atoms with Gasteiger partial charge in [0, 0.05) is 43.7 Å². The van der Waals surface area contributed by atoms with Crippen LogP contribution in [0, 0.1) is 5.92 Å². The van der Waals surface area contributed by atoms with Crippen molar-refractivity contribution in [1.29, 1.82) is 0 Å². The van der Waals surface area contributed by atoms with Gasteiger partial charge in [0.1, 0.15) is 11.2 Å². The lowest BCUT2D eigenvalue weighted by Gasteiger charge is -2.12. The van der Waals surface area contributed by atoms with Crippen LogP contribution in [0.3, 0.4) is 0 Å². The molecule has 40 heavy (non-hydrogen) atoms. The van der Waals surface area contributed by atoms with Gasteiger partial charge < -0.3 is 14.0 Å². The topological polar surface area (TPSA) is 33.9 Å². The highest BCUT2D eigenvalue weighted by Gasteiger charge is 2.42. The Balaban J connectivity index is 1.17. The summed E-state index contributed by atoms with van der Waals surface area (Å²) in [5, 5.41) is 6.20. The molecule has 2 atom stereocenters. The summed E-state index contributed by atoms with van der Waals surface area (Å²) in [4.78, 5) is 3.54. The van der Waals surface area contributed by atoms with Crippen molar-refractivity contribution in [2.45, 2.75) is 12.3 Å². The molecule has 0 radical (unpaired) electrons. The first-order valence-corrected chi connectivity index (χ1v) is 14.1. The number of nitrogens with one attached hydrogen (secondary N) is 1. The highest BCUT2D eigenvalue weighted by atomic mass is 16.3. The SMILES string of the molecule is C1=CC2CC2c2c1n(-c1ccc3oc4ccc(-c5ccc6[nH]c7ccccc7c6c5)cc4c3c1)c1ccccc21. The molecule has 188 valence electrons. The second-order valence-corrected chi connectivity index (χ2v) is 11.4. The third-order valence-corrected chi connectivity index (χ3v) is 9.21. The van der Waals surface area contributed by atoms with Gasteiger partial charge in [0.05, 0.1) is 11.2 Å². The van der Waals surface area contributed by atoms with Crippen LogP contribution in [-0.4, -0.2) is 9.55 Å². The lowest BCUT2D eigenvalue weighted by Crippen LogP contribution is -1.99. The van der Waals surface area contributed by atoms with Crippen LogP contribution in [0.25, 0.3) is 77.5 Å². The number of rotatable bonds is 2. The molecule has 3 aromatic heterocycles. The van der Waals surface area contributed by atoms with E-state index >= 15 is 0 Å². The molecular formula is C37H24N2O. The maximum Gasteiger partial charge on any atom is 0.135 e. The summed E-state index contributed by atoms with van der Waals surface area (Å²) in [6.07, 6.45) is 6.03. The van der Waals surface area contributed by atoms with E-state index < -0.39 is 0 Å². The Morgan fingerprint density at radius 1 is 0.650 bits per heavy atom. The van der Waals surface area contributed by atoms with Gasteiger partial charge in [0.15, 0.2) is 0 Å². The number of aromatic nitrogens is 2. The molecule has 1 saturated carbocycles. The second-order valence-electron chi connectivity index (χ2n) is 11.4. The predicted molar refractivity (Wildman–Crippen MR) is 165 cm³/mol. The van der Waals surface area contributed by atoms with Crippen LogP contribution in [0.4, 0.5) is 0 Å². The quantitative estimate of drug-likeness (QED) is 0.246. The van der Waals surface area contributed by atoms with Crippen LogP contribution in [0.1, 0.15) is 23.6 Å². The number of hydrogen-bond donors (Lipinski definition) is 1. The molecule has 10 rings (SSSR count). The Bertz CT molecular complexity index is 2380. The normalized spacial score (nSPS) is 17.8. The maximum atomic E-state index is 6.33. The smallest absolute Gasteiger partial charge is 0.135 e. The first kappa shape index (κ1) is 20.9. The molecular weight excluding hydrogens is 488 g/mol. The van der Waals surface area contributed by atoms with Crippen molar-refractivity contribution >= 4 is 60.7 Å². The molecule has 2 aliphatic carbocycles. The minimum atomic E-state index is 0.668. The van der Waals surface area contributed by atoms with E-state index in [1.165, 1.54) is 67.2 Å². The molecule has 0 saturated heterocycles. The van der Waals surface area contributed by atoms with Gasteiger partial charge in [-0.3, -0.25) is 0 Å². The molecule has 1 N–H and O–H groups in total. The second kappa shape index (κ2) is 7.34. The van der Waals surface area contributed by atoms with Crippen molar-refractivity contribution in [3.05, 3.63) is 120 Å². The fraction of sp³-hybridized carbons (Fsp3) is 0.0811. The van der Waals surface area contributed by atoms with E-state index in [1.54, 1.807) is 0 Å². The lowest BCUT2D eigenvalue weighted by atomic mass is 10.0. The van der Waals surface area contributed by atoms with Gasteiger partial charge in [0.25, 0.3) is 0 Å². The predicted octanol–water partition coefficient (Wildman–Crippen LogP) is 9.96. The molecule has 3 heterocycles. The van der Waals surface area contributed by atoms with Gasteiger partial charge in [0.2, 0.25) is 0 Å². The first-order valence-electron chi connectivity index (χ1n) is 14.1. The highest BCUT2D eigenvalue weighted by Crippen LogP contribution is 2.55. The van der Waals surface area contributed by atoms with E-state index in [2.05, 4.69) is 125 Å². The van der Waals surface area contributed by atoms with E-state index in [0.29, 0.717) is 11.8 Å². The minimum Gasteiger partial charge on any atom is -0.456 e. The lowest BCUT2D eigenvalue weighted by molar-refractivity contribution is 0.669. The average molecular weight is 513 g/mol. The Labute approximate surface area is 229 Å². The van der Waals surface area contributed by atoms with Crippen LogP contribution < -0.4 is 0 Å². The number of para-hydroxylation sites is 2. The van der Waals surface area contributed by atoms with Crippen LogP contribution in [0.5, 0.6) is 0 Å². The van der Waals surface area contributed by atoms with Crippen LogP contribution in [0.15, 0.2) is 114 Å². The van der Waals surface area contributed by atoms with Gasteiger partial charge in [-0.05, 0) is 95.6 Å². The third-order valence-electron chi connectivity index (χ3n) is 9.21. The third kappa shape index (κ3) is 2.74. The summed E-state index contributed by atoms with van der Waals surface area (Å²) < 4.78 is 8.77. The Morgan fingerprint density at radius 2 is 1.38 bits per heavy atom. The van der Waals surface area contributed by atoms with E-state index in [4.69, 9.17) is 4.42 Å². The van der Waals surface area contributed by atoms with Gasteiger partial charge in [-0.1, -0.05) is 54.6 Å². The number of allylic oxidation sites excluding steroid dienone is 1. The summed E-state index contributed by atoms with van der Waals surface area (Å²) in [6.45, 7) is 0. The zero-order chi connectivity index (χ0) is 25.9.